The predicted octanol–water partition coefficient (Wildman–Crippen LogP) is 1.89. The van der Waals surface area contributed by atoms with E-state index in [2.05, 4.69) is 5.32 Å². The number of hydrogen-bond acceptors (Lipinski definition) is 3. The van der Waals surface area contributed by atoms with Gasteiger partial charge >= 0.3 is 11.9 Å². The molecule has 0 aliphatic carbocycles. The van der Waals surface area contributed by atoms with Crippen LogP contribution in [0.3, 0.4) is 0 Å². The van der Waals surface area contributed by atoms with Crippen molar-refractivity contribution in [3.8, 4) is 0 Å². The molecule has 102 valence electrons. The zero-order valence-electron chi connectivity index (χ0n) is 10.5. The van der Waals surface area contributed by atoms with Crippen LogP contribution in [-0.2, 0) is 9.59 Å². The van der Waals surface area contributed by atoms with Crippen LogP contribution in [0.25, 0.3) is 0 Å². The second-order valence-corrected chi connectivity index (χ2v) is 4.08. The van der Waals surface area contributed by atoms with Crippen molar-refractivity contribution in [1.82, 2.24) is 0 Å². The summed E-state index contributed by atoms with van der Waals surface area (Å²) in [7, 11) is 0. The SMILES string of the molecule is Cc1c(NC(=O)CCCC(=O)O)cccc1C(=O)O. The molecule has 1 amide bonds. The number of carboxylic acid groups (broad SMARTS) is 2. The number of rotatable bonds is 6. The Hall–Kier alpha value is -2.37. The Balaban J connectivity index is 2.67. The predicted molar refractivity (Wildman–Crippen MR) is 68.3 cm³/mol. The first-order valence-electron chi connectivity index (χ1n) is 5.76. The monoisotopic (exact) mass is 265 g/mol. The van der Waals surface area contributed by atoms with Gasteiger partial charge in [0.05, 0.1) is 5.56 Å². The molecule has 3 N–H and O–H groups in total. The minimum Gasteiger partial charge on any atom is -0.481 e. The third-order valence-electron chi connectivity index (χ3n) is 2.63. The number of carboxylic acids is 2. The topological polar surface area (TPSA) is 104 Å². The summed E-state index contributed by atoms with van der Waals surface area (Å²) in [5.41, 5.74) is 1.03. The minimum atomic E-state index is -1.06. The number of carbonyl (C=O) groups excluding carboxylic acids is 1. The van der Waals surface area contributed by atoms with Crippen molar-refractivity contribution in [3.63, 3.8) is 0 Å². The molecule has 0 saturated heterocycles. The molecular weight excluding hydrogens is 250 g/mol. The van der Waals surface area contributed by atoms with Gasteiger partial charge in [0.1, 0.15) is 0 Å². The van der Waals surface area contributed by atoms with Gasteiger partial charge in [-0.1, -0.05) is 6.07 Å². The molecule has 1 aromatic carbocycles. The lowest BCUT2D eigenvalue weighted by atomic mass is 10.1. The summed E-state index contributed by atoms with van der Waals surface area (Å²) in [5, 5.41) is 20.0. The van der Waals surface area contributed by atoms with E-state index in [0.717, 1.165) is 0 Å². The highest BCUT2D eigenvalue weighted by Gasteiger charge is 2.12. The lowest BCUT2D eigenvalue weighted by molar-refractivity contribution is -0.137. The molecule has 1 aromatic rings. The Morgan fingerprint density at radius 3 is 2.42 bits per heavy atom. The van der Waals surface area contributed by atoms with E-state index in [1.165, 1.54) is 6.07 Å². The fraction of sp³-hybridized carbons (Fsp3) is 0.308. The molecule has 0 saturated carbocycles. The van der Waals surface area contributed by atoms with Gasteiger partial charge in [-0.05, 0) is 31.0 Å². The average Bonchev–Trinajstić information content (AvgIpc) is 2.31. The number of hydrogen-bond donors (Lipinski definition) is 3. The zero-order chi connectivity index (χ0) is 14.4. The van der Waals surface area contributed by atoms with Crippen LogP contribution in [0.1, 0.15) is 35.2 Å². The van der Waals surface area contributed by atoms with E-state index < -0.39 is 11.9 Å². The zero-order valence-corrected chi connectivity index (χ0v) is 10.5. The summed E-state index contributed by atoms with van der Waals surface area (Å²) >= 11 is 0. The van der Waals surface area contributed by atoms with Crippen LogP contribution in [0.15, 0.2) is 18.2 Å². The lowest BCUT2D eigenvalue weighted by Gasteiger charge is -2.10. The fourth-order valence-electron chi connectivity index (χ4n) is 1.62. The van der Waals surface area contributed by atoms with Crippen molar-refractivity contribution in [1.29, 1.82) is 0 Å². The normalized spacial score (nSPS) is 9.95. The van der Waals surface area contributed by atoms with Gasteiger partial charge in [-0.2, -0.15) is 0 Å². The third-order valence-corrected chi connectivity index (χ3v) is 2.63. The van der Waals surface area contributed by atoms with Crippen molar-refractivity contribution in [3.05, 3.63) is 29.3 Å². The van der Waals surface area contributed by atoms with Crippen molar-refractivity contribution in [2.75, 3.05) is 5.32 Å². The van der Waals surface area contributed by atoms with Gasteiger partial charge in [-0.15, -0.1) is 0 Å². The standard InChI is InChI=1S/C13H15NO5/c1-8-9(13(18)19)4-2-5-10(8)14-11(15)6-3-7-12(16)17/h2,4-5H,3,6-7H2,1H3,(H,14,15)(H,16,17)(H,18,19). The van der Waals surface area contributed by atoms with E-state index in [0.29, 0.717) is 11.3 Å². The largest absolute Gasteiger partial charge is 0.481 e. The number of aliphatic carboxylic acids is 1. The number of carbonyl (C=O) groups is 3. The quantitative estimate of drug-likeness (QED) is 0.728. The summed E-state index contributed by atoms with van der Waals surface area (Å²) in [6, 6.07) is 4.61. The Morgan fingerprint density at radius 2 is 1.84 bits per heavy atom. The highest BCUT2D eigenvalue weighted by molar-refractivity contribution is 5.96. The fourth-order valence-corrected chi connectivity index (χ4v) is 1.62. The van der Waals surface area contributed by atoms with E-state index in [4.69, 9.17) is 10.2 Å². The van der Waals surface area contributed by atoms with E-state index in [1.54, 1.807) is 19.1 Å². The van der Waals surface area contributed by atoms with Crippen molar-refractivity contribution < 1.29 is 24.6 Å². The molecule has 0 fully saturated rings. The summed E-state index contributed by atoms with van der Waals surface area (Å²) in [4.78, 5) is 32.8. The molecule has 0 atom stereocenters. The van der Waals surface area contributed by atoms with Crippen molar-refractivity contribution in [2.45, 2.75) is 26.2 Å². The number of aromatic carboxylic acids is 1. The maximum Gasteiger partial charge on any atom is 0.336 e. The van der Waals surface area contributed by atoms with Crippen LogP contribution >= 0.6 is 0 Å². The molecule has 0 aliphatic heterocycles. The van der Waals surface area contributed by atoms with Crippen LogP contribution in [-0.4, -0.2) is 28.1 Å². The smallest absolute Gasteiger partial charge is 0.336 e. The average molecular weight is 265 g/mol. The van der Waals surface area contributed by atoms with E-state index in [9.17, 15) is 14.4 Å². The van der Waals surface area contributed by atoms with Gasteiger partial charge in [0.15, 0.2) is 0 Å². The number of nitrogens with one attached hydrogen (secondary N) is 1. The highest BCUT2D eigenvalue weighted by atomic mass is 16.4. The molecule has 0 aromatic heterocycles. The van der Waals surface area contributed by atoms with Gasteiger partial charge in [-0.3, -0.25) is 9.59 Å². The van der Waals surface area contributed by atoms with E-state index >= 15 is 0 Å². The molecule has 0 radical (unpaired) electrons. The Bertz CT molecular complexity index is 510. The van der Waals surface area contributed by atoms with Crippen LogP contribution in [0, 0.1) is 6.92 Å². The summed E-state index contributed by atoms with van der Waals surface area (Å²) in [5.74, 6) is -2.33. The maximum atomic E-state index is 11.6. The van der Waals surface area contributed by atoms with Crippen molar-refractivity contribution in [2.24, 2.45) is 0 Å². The molecule has 0 unspecified atom stereocenters. The minimum absolute atomic E-state index is 0.0679. The first-order valence-corrected chi connectivity index (χ1v) is 5.76. The van der Waals surface area contributed by atoms with Crippen LogP contribution in [0.2, 0.25) is 0 Å². The van der Waals surface area contributed by atoms with Gasteiger partial charge in [0.2, 0.25) is 5.91 Å². The molecule has 6 heteroatoms. The number of amides is 1. The molecule has 0 spiro atoms. The molecule has 1 rings (SSSR count). The summed E-state index contributed by atoms with van der Waals surface area (Å²) < 4.78 is 0. The van der Waals surface area contributed by atoms with Crippen LogP contribution < -0.4 is 5.32 Å². The Kier molecular flexibility index (Phi) is 5.05. The molecule has 0 bridgehead atoms. The first kappa shape index (κ1) is 14.7. The van der Waals surface area contributed by atoms with E-state index in [-0.39, 0.29) is 30.7 Å². The van der Waals surface area contributed by atoms with Gasteiger partial charge in [-0.25, -0.2) is 4.79 Å². The van der Waals surface area contributed by atoms with Gasteiger partial charge < -0.3 is 15.5 Å². The molecule has 19 heavy (non-hydrogen) atoms. The molecule has 0 heterocycles. The Labute approximate surface area is 110 Å². The number of benzene rings is 1. The second kappa shape index (κ2) is 6.53. The third kappa shape index (κ3) is 4.42. The van der Waals surface area contributed by atoms with E-state index in [1.807, 2.05) is 0 Å². The lowest BCUT2D eigenvalue weighted by Crippen LogP contribution is -2.14. The Morgan fingerprint density at radius 1 is 1.16 bits per heavy atom. The molecule has 6 nitrogen and oxygen atoms in total. The second-order valence-electron chi connectivity index (χ2n) is 4.08. The van der Waals surface area contributed by atoms with Crippen LogP contribution in [0.5, 0.6) is 0 Å². The molecule has 0 aliphatic rings. The number of anilines is 1. The summed E-state index contributed by atoms with van der Waals surface area (Å²) in [6.07, 6.45) is 0.267. The summed E-state index contributed by atoms with van der Waals surface area (Å²) in [6.45, 7) is 1.61. The highest BCUT2D eigenvalue weighted by Crippen LogP contribution is 2.19. The van der Waals surface area contributed by atoms with Crippen LogP contribution in [0.4, 0.5) is 5.69 Å². The first-order chi connectivity index (χ1) is 8.91. The maximum absolute atomic E-state index is 11.6. The van der Waals surface area contributed by atoms with Gasteiger partial charge in [0, 0.05) is 18.5 Å². The van der Waals surface area contributed by atoms with Crippen molar-refractivity contribution >= 4 is 23.5 Å². The molecular formula is C13H15NO5. The van der Waals surface area contributed by atoms with Gasteiger partial charge in [0.25, 0.3) is 0 Å².